The van der Waals surface area contributed by atoms with Gasteiger partial charge in [-0.15, -0.1) is 0 Å². The fraction of sp³-hybridized carbons (Fsp3) is 0.571. The van der Waals surface area contributed by atoms with Gasteiger partial charge >= 0.3 is 12.1 Å². The summed E-state index contributed by atoms with van der Waals surface area (Å²) in [7, 11) is 1.33. The van der Waals surface area contributed by atoms with Crippen molar-refractivity contribution in [3.05, 3.63) is 36.2 Å². The summed E-state index contributed by atoms with van der Waals surface area (Å²) in [5, 5.41) is 0. The van der Waals surface area contributed by atoms with E-state index in [1.165, 1.54) is 17.6 Å². The minimum atomic E-state index is -0.663. The molecule has 0 N–H and O–H groups in total. The molecule has 0 unspecified atom stereocenters. The number of amides is 1. The maximum absolute atomic E-state index is 12.6. The molecule has 1 aromatic heterocycles. The molecular formula is C21H30N2O5. The minimum absolute atomic E-state index is 0.421. The van der Waals surface area contributed by atoms with E-state index in [4.69, 9.17) is 14.2 Å². The highest BCUT2D eigenvalue weighted by Gasteiger charge is 2.34. The molecular weight excluding hydrogens is 360 g/mol. The van der Waals surface area contributed by atoms with E-state index in [0.717, 1.165) is 18.6 Å². The van der Waals surface area contributed by atoms with Crippen molar-refractivity contribution >= 4 is 12.1 Å². The summed E-state index contributed by atoms with van der Waals surface area (Å²) in [4.78, 5) is 30.3. The van der Waals surface area contributed by atoms with Crippen molar-refractivity contribution in [1.82, 2.24) is 9.88 Å². The quantitative estimate of drug-likeness (QED) is 0.418. The van der Waals surface area contributed by atoms with E-state index >= 15 is 0 Å². The zero-order valence-electron chi connectivity index (χ0n) is 17.1. The van der Waals surface area contributed by atoms with Gasteiger partial charge in [-0.1, -0.05) is 11.6 Å². The zero-order chi connectivity index (χ0) is 20.6. The van der Waals surface area contributed by atoms with E-state index in [0.29, 0.717) is 26.0 Å². The Morgan fingerprint density at radius 1 is 1.32 bits per heavy atom. The van der Waals surface area contributed by atoms with E-state index < -0.39 is 23.7 Å². The number of hydrogen-bond acceptors (Lipinski definition) is 6. The van der Waals surface area contributed by atoms with Crippen LogP contribution in [-0.4, -0.2) is 53.9 Å². The highest BCUT2D eigenvalue weighted by atomic mass is 16.6. The molecule has 154 valence electrons. The lowest BCUT2D eigenvalue weighted by molar-refractivity contribution is -0.146. The first-order chi connectivity index (χ1) is 13.3. The summed E-state index contributed by atoms with van der Waals surface area (Å²) in [6.07, 6.45) is 7.74. The summed E-state index contributed by atoms with van der Waals surface area (Å²) >= 11 is 0. The Morgan fingerprint density at radius 3 is 2.75 bits per heavy atom. The summed E-state index contributed by atoms with van der Waals surface area (Å²) in [6, 6.07) is 3.04. The van der Waals surface area contributed by atoms with Crippen LogP contribution < -0.4 is 4.74 Å². The van der Waals surface area contributed by atoms with Gasteiger partial charge in [-0.2, -0.15) is 0 Å². The van der Waals surface area contributed by atoms with Crippen molar-refractivity contribution in [2.45, 2.75) is 58.1 Å². The van der Waals surface area contributed by atoms with E-state index in [-0.39, 0.29) is 0 Å². The van der Waals surface area contributed by atoms with Gasteiger partial charge in [0.15, 0.2) is 0 Å². The summed E-state index contributed by atoms with van der Waals surface area (Å²) in [6.45, 7) is 6.43. The summed E-state index contributed by atoms with van der Waals surface area (Å²) < 4.78 is 16.0. The van der Waals surface area contributed by atoms with Crippen molar-refractivity contribution in [1.29, 1.82) is 0 Å². The van der Waals surface area contributed by atoms with Crippen molar-refractivity contribution in [3.8, 4) is 5.75 Å². The van der Waals surface area contributed by atoms with Crippen LogP contribution >= 0.6 is 0 Å². The number of rotatable bonds is 6. The second-order valence-corrected chi connectivity index (χ2v) is 7.70. The predicted molar refractivity (Wildman–Crippen MR) is 105 cm³/mol. The molecule has 0 fully saturated rings. The number of pyridine rings is 1. The van der Waals surface area contributed by atoms with Crippen molar-refractivity contribution in [3.63, 3.8) is 0 Å². The van der Waals surface area contributed by atoms with Crippen LogP contribution in [0.1, 0.15) is 46.5 Å². The van der Waals surface area contributed by atoms with Gasteiger partial charge in [-0.3, -0.25) is 9.88 Å². The Kier molecular flexibility index (Phi) is 7.84. The Bertz CT molecular complexity index is 682. The Hall–Kier alpha value is -2.57. The first-order valence-corrected chi connectivity index (χ1v) is 9.58. The first-order valence-electron chi connectivity index (χ1n) is 9.58. The molecule has 0 saturated heterocycles. The highest BCUT2D eigenvalue weighted by molar-refractivity contribution is 5.81. The predicted octanol–water partition coefficient (Wildman–Crippen LogP) is 3.74. The topological polar surface area (TPSA) is 78.0 Å². The molecule has 0 radical (unpaired) electrons. The maximum Gasteiger partial charge on any atom is 0.411 e. The smallest absolute Gasteiger partial charge is 0.411 e. The molecule has 1 aliphatic rings. The van der Waals surface area contributed by atoms with Crippen LogP contribution in [0.4, 0.5) is 4.79 Å². The van der Waals surface area contributed by atoms with E-state index in [1.807, 2.05) is 39.0 Å². The van der Waals surface area contributed by atoms with Crippen LogP contribution in [0.2, 0.25) is 0 Å². The van der Waals surface area contributed by atoms with Crippen LogP contribution in [0, 0.1) is 0 Å². The van der Waals surface area contributed by atoms with Gasteiger partial charge in [0.1, 0.15) is 17.4 Å². The number of methoxy groups -OCH3 is 1. The largest absolute Gasteiger partial charge is 0.492 e. The SMILES string of the molecule is COC(=O)[C@@H]1CC=C(CCCOc2cccnc2)CCN1C(=O)OC(C)(C)C. The molecule has 0 spiro atoms. The Morgan fingerprint density at radius 2 is 2.11 bits per heavy atom. The van der Waals surface area contributed by atoms with Crippen LogP contribution in [0.5, 0.6) is 5.75 Å². The number of nitrogens with zero attached hydrogens (tertiary/aromatic N) is 2. The zero-order valence-corrected chi connectivity index (χ0v) is 17.1. The van der Waals surface area contributed by atoms with Gasteiger partial charge < -0.3 is 14.2 Å². The van der Waals surface area contributed by atoms with Gasteiger partial charge in [0.25, 0.3) is 0 Å². The van der Waals surface area contributed by atoms with Gasteiger partial charge in [-0.05, 0) is 58.6 Å². The number of ether oxygens (including phenoxy) is 3. The lowest BCUT2D eigenvalue weighted by atomic mass is 10.1. The molecule has 2 rings (SSSR count). The molecule has 7 nitrogen and oxygen atoms in total. The molecule has 0 aromatic carbocycles. The lowest BCUT2D eigenvalue weighted by Gasteiger charge is -2.30. The molecule has 0 saturated carbocycles. The minimum Gasteiger partial charge on any atom is -0.492 e. The average molecular weight is 390 g/mol. The normalized spacial score (nSPS) is 17.4. The lowest BCUT2D eigenvalue weighted by Crippen LogP contribution is -2.47. The third kappa shape index (κ3) is 6.87. The highest BCUT2D eigenvalue weighted by Crippen LogP contribution is 2.23. The second-order valence-electron chi connectivity index (χ2n) is 7.70. The van der Waals surface area contributed by atoms with Gasteiger partial charge in [-0.25, -0.2) is 9.59 Å². The second kappa shape index (κ2) is 10.1. The number of carbonyl (C=O) groups is 2. The van der Waals surface area contributed by atoms with E-state index in [1.54, 1.807) is 12.4 Å². The third-order valence-electron chi connectivity index (χ3n) is 4.33. The van der Waals surface area contributed by atoms with Crippen molar-refractivity contribution in [2.24, 2.45) is 0 Å². The molecule has 1 aromatic rings. The van der Waals surface area contributed by atoms with Gasteiger partial charge in [0.2, 0.25) is 0 Å². The van der Waals surface area contributed by atoms with Gasteiger partial charge in [0.05, 0.1) is 19.9 Å². The monoisotopic (exact) mass is 390 g/mol. The molecule has 1 atom stereocenters. The fourth-order valence-corrected chi connectivity index (χ4v) is 2.97. The van der Waals surface area contributed by atoms with E-state index in [2.05, 4.69) is 4.98 Å². The molecule has 28 heavy (non-hydrogen) atoms. The molecule has 1 amide bonds. The Balaban J connectivity index is 1.92. The molecule has 0 aliphatic carbocycles. The Labute approximate surface area is 166 Å². The molecule has 0 bridgehead atoms. The standard InChI is InChI=1S/C21H30N2O5/c1-21(2,3)28-20(25)23-13-11-16(9-10-18(23)19(24)26-4)7-6-14-27-17-8-5-12-22-15-17/h5,8-9,12,15,18H,6-7,10-11,13-14H2,1-4H3/t18-/m0/s1. The van der Waals surface area contributed by atoms with Crippen LogP contribution in [-0.2, 0) is 14.3 Å². The molecule has 1 aliphatic heterocycles. The number of aromatic nitrogens is 1. The summed E-state index contributed by atoms with van der Waals surface area (Å²) in [5.74, 6) is 0.322. The fourth-order valence-electron chi connectivity index (χ4n) is 2.97. The first kappa shape index (κ1) is 21.7. The number of carbonyl (C=O) groups excluding carboxylic acids is 2. The van der Waals surface area contributed by atoms with Crippen LogP contribution in [0.25, 0.3) is 0 Å². The molecule has 7 heteroatoms. The number of hydrogen-bond donors (Lipinski definition) is 0. The number of esters is 1. The van der Waals surface area contributed by atoms with Crippen molar-refractivity contribution < 1.29 is 23.8 Å². The summed E-state index contributed by atoms with van der Waals surface area (Å²) in [5.41, 5.74) is 0.582. The van der Waals surface area contributed by atoms with Crippen LogP contribution in [0.3, 0.4) is 0 Å². The average Bonchev–Trinajstić information content (AvgIpc) is 2.87. The molecule has 2 heterocycles. The third-order valence-corrected chi connectivity index (χ3v) is 4.33. The van der Waals surface area contributed by atoms with Crippen molar-refractivity contribution in [2.75, 3.05) is 20.3 Å². The van der Waals surface area contributed by atoms with E-state index in [9.17, 15) is 9.59 Å². The maximum atomic E-state index is 12.6. The van der Waals surface area contributed by atoms with Gasteiger partial charge in [0, 0.05) is 12.7 Å². The van der Waals surface area contributed by atoms with Crippen LogP contribution in [0.15, 0.2) is 36.2 Å².